The Morgan fingerprint density at radius 3 is 2.60 bits per heavy atom. The zero-order valence-corrected chi connectivity index (χ0v) is 15.9. The topological polar surface area (TPSA) is 84.0 Å². The van der Waals surface area contributed by atoms with Gasteiger partial charge in [-0.15, -0.1) is 10.2 Å². The lowest BCUT2D eigenvalue weighted by molar-refractivity contribution is -0.122. The van der Waals surface area contributed by atoms with E-state index < -0.39 is 0 Å². The van der Waals surface area contributed by atoms with Gasteiger partial charge in [0.15, 0.2) is 0 Å². The number of hydrogen-bond acceptors (Lipinski definition) is 5. The maximum atomic E-state index is 12.0. The van der Waals surface area contributed by atoms with Crippen LogP contribution in [0.25, 0.3) is 10.6 Å². The van der Waals surface area contributed by atoms with E-state index >= 15 is 0 Å². The number of benzene rings is 1. The first kappa shape index (κ1) is 19.1. The summed E-state index contributed by atoms with van der Waals surface area (Å²) in [5.41, 5.74) is 2.06. The Bertz CT molecular complexity index is 750. The fourth-order valence-corrected chi connectivity index (χ4v) is 2.97. The van der Waals surface area contributed by atoms with E-state index in [1.54, 1.807) is 0 Å². The van der Waals surface area contributed by atoms with Crippen LogP contribution in [0.2, 0.25) is 0 Å². The Morgan fingerprint density at radius 1 is 1.16 bits per heavy atom. The summed E-state index contributed by atoms with van der Waals surface area (Å²) < 4.78 is 0. The Hall–Kier alpha value is -2.28. The summed E-state index contributed by atoms with van der Waals surface area (Å²) in [5, 5.41) is 14.8. The van der Waals surface area contributed by atoms with Crippen molar-refractivity contribution in [3.63, 3.8) is 0 Å². The largest absolute Gasteiger partial charge is 0.356 e. The molecule has 0 unspecified atom stereocenters. The fraction of sp³-hybridized carbons (Fsp3) is 0.444. The molecular formula is C18H24N4O2S. The first-order chi connectivity index (χ1) is 11.7. The number of nitrogens with one attached hydrogen (secondary N) is 2. The summed E-state index contributed by atoms with van der Waals surface area (Å²) in [6, 6.07) is 7.96. The number of aromatic nitrogens is 2. The number of rotatable bonds is 6. The van der Waals surface area contributed by atoms with E-state index in [-0.39, 0.29) is 23.7 Å². The molecule has 1 aromatic carbocycles. The van der Waals surface area contributed by atoms with Crippen LogP contribution in [-0.2, 0) is 9.59 Å². The Morgan fingerprint density at radius 2 is 1.92 bits per heavy atom. The zero-order valence-electron chi connectivity index (χ0n) is 15.0. The van der Waals surface area contributed by atoms with Crippen molar-refractivity contribution in [2.24, 2.45) is 5.41 Å². The van der Waals surface area contributed by atoms with Gasteiger partial charge in [0.05, 0.1) is 0 Å². The molecule has 0 saturated carbocycles. The molecule has 134 valence electrons. The van der Waals surface area contributed by atoms with E-state index in [2.05, 4.69) is 20.8 Å². The average Bonchev–Trinajstić information content (AvgIpc) is 2.93. The van der Waals surface area contributed by atoms with Crippen molar-refractivity contribution >= 4 is 28.3 Å². The van der Waals surface area contributed by atoms with Gasteiger partial charge in [0, 0.05) is 24.9 Å². The Kier molecular flexibility index (Phi) is 6.25. The molecule has 25 heavy (non-hydrogen) atoms. The molecule has 0 aliphatic rings. The van der Waals surface area contributed by atoms with Crippen LogP contribution in [0.5, 0.6) is 0 Å². The van der Waals surface area contributed by atoms with Crippen molar-refractivity contribution in [2.45, 2.75) is 40.5 Å². The van der Waals surface area contributed by atoms with Gasteiger partial charge >= 0.3 is 0 Å². The highest BCUT2D eigenvalue weighted by molar-refractivity contribution is 7.18. The summed E-state index contributed by atoms with van der Waals surface area (Å²) in [7, 11) is 0. The second-order valence-corrected chi connectivity index (χ2v) is 8.14. The molecule has 0 saturated heterocycles. The van der Waals surface area contributed by atoms with Crippen molar-refractivity contribution in [1.82, 2.24) is 15.5 Å². The second-order valence-electron chi connectivity index (χ2n) is 7.17. The number of amides is 2. The third kappa shape index (κ3) is 6.62. The van der Waals surface area contributed by atoms with Gasteiger partial charge in [-0.05, 0) is 18.4 Å². The van der Waals surface area contributed by atoms with Gasteiger partial charge in [0.1, 0.15) is 5.01 Å². The zero-order chi connectivity index (χ0) is 18.4. The molecule has 7 heteroatoms. The van der Waals surface area contributed by atoms with Crippen molar-refractivity contribution in [1.29, 1.82) is 0 Å². The molecule has 1 heterocycles. The number of carbonyl (C=O) groups excluding carboxylic acids is 2. The van der Waals surface area contributed by atoms with Gasteiger partial charge in [-0.2, -0.15) is 0 Å². The van der Waals surface area contributed by atoms with Crippen LogP contribution in [0.4, 0.5) is 5.13 Å². The SMILES string of the molecule is Cc1cccc(-c2nnc(NC(=O)CCNC(=O)CC(C)(C)C)s2)c1. The van der Waals surface area contributed by atoms with Gasteiger partial charge in [0.25, 0.3) is 0 Å². The number of nitrogens with zero attached hydrogens (tertiary/aromatic N) is 2. The highest BCUT2D eigenvalue weighted by Gasteiger charge is 2.16. The quantitative estimate of drug-likeness (QED) is 0.827. The van der Waals surface area contributed by atoms with E-state index in [0.29, 0.717) is 18.1 Å². The van der Waals surface area contributed by atoms with Gasteiger partial charge < -0.3 is 10.6 Å². The number of anilines is 1. The smallest absolute Gasteiger partial charge is 0.227 e. The average molecular weight is 360 g/mol. The van der Waals surface area contributed by atoms with E-state index in [4.69, 9.17) is 0 Å². The molecular weight excluding hydrogens is 336 g/mol. The lowest BCUT2D eigenvalue weighted by Gasteiger charge is -2.17. The normalized spacial score (nSPS) is 11.2. The summed E-state index contributed by atoms with van der Waals surface area (Å²) >= 11 is 1.33. The standard InChI is InChI=1S/C18H24N4O2S/c1-12-6-5-7-13(10-12)16-21-22-17(25-16)20-14(23)8-9-19-15(24)11-18(2,3)4/h5-7,10H,8-9,11H2,1-4H3,(H,19,24)(H,20,22,23). The minimum Gasteiger partial charge on any atom is -0.356 e. The molecule has 0 aliphatic heterocycles. The van der Waals surface area contributed by atoms with Crippen molar-refractivity contribution < 1.29 is 9.59 Å². The van der Waals surface area contributed by atoms with Gasteiger partial charge in [0.2, 0.25) is 16.9 Å². The molecule has 6 nitrogen and oxygen atoms in total. The van der Waals surface area contributed by atoms with Gasteiger partial charge in [-0.1, -0.05) is 55.9 Å². The minimum absolute atomic E-state index is 0.0436. The molecule has 2 rings (SSSR count). The van der Waals surface area contributed by atoms with Gasteiger partial charge in [-0.25, -0.2) is 0 Å². The first-order valence-electron chi connectivity index (χ1n) is 8.20. The molecule has 0 fully saturated rings. The Labute approximate surface area is 152 Å². The van der Waals surface area contributed by atoms with Crippen molar-refractivity contribution in [3.8, 4) is 10.6 Å². The summed E-state index contributed by atoms with van der Waals surface area (Å²) in [6.07, 6.45) is 0.639. The Balaban J connectivity index is 1.81. The molecule has 2 aromatic rings. The van der Waals surface area contributed by atoms with Crippen LogP contribution in [0.1, 0.15) is 39.2 Å². The number of hydrogen-bond donors (Lipinski definition) is 2. The number of aryl methyl sites for hydroxylation is 1. The van der Waals surface area contributed by atoms with E-state index in [1.165, 1.54) is 11.3 Å². The second kappa shape index (κ2) is 8.20. The lowest BCUT2D eigenvalue weighted by atomic mass is 9.92. The van der Waals surface area contributed by atoms with E-state index in [9.17, 15) is 9.59 Å². The van der Waals surface area contributed by atoms with Crippen molar-refractivity contribution in [3.05, 3.63) is 29.8 Å². The van der Waals surface area contributed by atoms with Crippen LogP contribution in [-0.4, -0.2) is 28.6 Å². The maximum absolute atomic E-state index is 12.0. The fourth-order valence-electron chi connectivity index (χ4n) is 2.21. The minimum atomic E-state index is -0.192. The predicted octanol–water partition coefficient (Wildman–Crippen LogP) is 3.39. The molecule has 2 amide bonds. The first-order valence-corrected chi connectivity index (χ1v) is 9.02. The van der Waals surface area contributed by atoms with Gasteiger partial charge in [-0.3, -0.25) is 9.59 Å². The molecule has 0 aliphatic carbocycles. The van der Waals surface area contributed by atoms with Crippen LogP contribution < -0.4 is 10.6 Å². The van der Waals surface area contributed by atoms with Crippen LogP contribution in [0, 0.1) is 12.3 Å². The highest BCUT2D eigenvalue weighted by atomic mass is 32.1. The third-order valence-electron chi connectivity index (χ3n) is 3.30. The highest BCUT2D eigenvalue weighted by Crippen LogP contribution is 2.26. The van der Waals surface area contributed by atoms with Crippen molar-refractivity contribution in [2.75, 3.05) is 11.9 Å². The molecule has 0 radical (unpaired) electrons. The summed E-state index contributed by atoms with van der Waals surface area (Å²) in [4.78, 5) is 23.7. The molecule has 1 aromatic heterocycles. The van der Waals surface area contributed by atoms with Crippen LogP contribution in [0.15, 0.2) is 24.3 Å². The summed E-state index contributed by atoms with van der Waals surface area (Å²) in [6.45, 7) is 8.33. The van der Waals surface area contributed by atoms with Crippen LogP contribution in [0.3, 0.4) is 0 Å². The molecule has 0 atom stereocenters. The third-order valence-corrected chi connectivity index (χ3v) is 4.19. The van der Waals surface area contributed by atoms with Crippen LogP contribution >= 0.6 is 11.3 Å². The molecule has 0 spiro atoms. The molecule has 2 N–H and O–H groups in total. The lowest BCUT2D eigenvalue weighted by Crippen LogP contribution is -2.30. The molecule has 0 bridgehead atoms. The number of carbonyl (C=O) groups is 2. The maximum Gasteiger partial charge on any atom is 0.227 e. The monoisotopic (exact) mass is 360 g/mol. The summed E-state index contributed by atoms with van der Waals surface area (Å²) in [5.74, 6) is -0.235. The predicted molar refractivity (Wildman–Crippen MR) is 100 cm³/mol. The van der Waals surface area contributed by atoms with E-state index in [0.717, 1.165) is 16.1 Å². The van der Waals surface area contributed by atoms with E-state index in [1.807, 2.05) is 52.0 Å².